The predicted molar refractivity (Wildman–Crippen MR) is 140 cm³/mol. The van der Waals surface area contributed by atoms with Gasteiger partial charge in [0.2, 0.25) is 11.8 Å². The number of fused-ring (bicyclic) bond motifs is 1. The molecule has 0 unspecified atom stereocenters. The van der Waals surface area contributed by atoms with E-state index in [0.29, 0.717) is 36.0 Å². The molecule has 1 heterocycles. The van der Waals surface area contributed by atoms with Crippen LogP contribution in [0.25, 0.3) is 0 Å². The Morgan fingerprint density at radius 3 is 2.61 bits per heavy atom. The number of carbonyl (C=O) groups excluding carboxylic acids is 2. The van der Waals surface area contributed by atoms with E-state index in [0.717, 1.165) is 6.54 Å². The van der Waals surface area contributed by atoms with Crippen LogP contribution < -0.4 is 10.1 Å². The summed E-state index contributed by atoms with van der Waals surface area (Å²) in [7, 11) is 2.09. The number of aliphatic hydroxyl groups is 1. The number of nitrogens with zero attached hydrogens (tertiary/aromatic N) is 2. The van der Waals surface area contributed by atoms with Crippen molar-refractivity contribution in [2.45, 2.75) is 83.5 Å². The van der Waals surface area contributed by atoms with Gasteiger partial charge in [-0.25, -0.2) is 0 Å². The highest BCUT2D eigenvalue weighted by Gasteiger charge is 2.32. The van der Waals surface area contributed by atoms with Crippen LogP contribution in [0.15, 0.2) is 18.2 Å². The van der Waals surface area contributed by atoms with Gasteiger partial charge in [-0.05, 0) is 50.9 Å². The van der Waals surface area contributed by atoms with Crippen molar-refractivity contribution in [1.29, 1.82) is 0 Å². The number of benzene rings is 1. The van der Waals surface area contributed by atoms with Crippen molar-refractivity contribution >= 4 is 17.5 Å². The second-order valence-corrected chi connectivity index (χ2v) is 11.1. The predicted octanol–water partition coefficient (Wildman–Crippen LogP) is 4.63. The number of rotatable bonds is 9. The highest BCUT2D eigenvalue weighted by Crippen LogP contribution is 2.30. The number of amides is 2. The molecule has 1 aromatic rings. The van der Waals surface area contributed by atoms with Crippen LogP contribution in [0, 0.1) is 11.8 Å². The van der Waals surface area contributed by atoms with Crippen LogP contribution in [-0.2, 0) is 16.0 Å². The maximum atomic E-state index is 13.3. The lowest BCUT2D eigenvalue weighted by molar-refractivity contribution is -0.142. The van der Waals surface area contributed by atoms with E-state index in [9.17, 15) is 27.9 Å². The Bertz CT molecular complexity index is 936. The minimum Gasteiger partial charge on any atom is -0.488 e. The number of likely N-dealkylation sites (N-methyl/N-ethyl adjacent to an activating group) is 1. The molecule has 214 valence electrons. The Kier molecular flexibility index (Phi) is 10.8. The van der Waals surface area contributed by atoms with Crippen molar-refractivity contribution in [3.8, 4) is 5.75 Å². The van der Waals surface area contributed by atoms with E-state index in [2.05, 4.69) is 17.3 Å². The first-order chi connectivity index (χ1) is 17.9. The normalized spacial score (nSPS) is 22.2. The first kappa shape index (κ1) is 30.2. The van der Waals surface area contributed by atoms with Gasteiger partial charge < -0.3 is 25.0 Å². The molecule has 1 aliphatic carbocycles. The largest absolute Gasteiger partial charge is 0.488 e. The number of carbonyl (C=O) groups is 2. The molecule has 3 atom stereocenters. The summed E-state index contributed by atoms with van der Waals surface area (Å²) in [6.07, 6.45) is -0.206. The van der Waals surface area contributed by atoms with E-state index in [1.165, 1.54) is 32.1 Å². The smallest absolute Gasteiger partial charge is 0.389 e. The highest BCUT2D eigenvalue weighted by atomic mass is 19.4. The molecule has 3 rings (SSSR count). The summed E-state index contributed by atoms with van der Waals surface area (Å²) < 4.78 is 44.0. The topological polar surface area (TPSA) is 82.1 Å². The third-order valence-corrected chi connectivity index (χ3v) is 7.62. The van der Waals surface area contributed by atoms with Crippen LogP contribution in [0.2, 0.25) is 0 Å². The number of nitrogens with one attached hydrogen (secondary N) is 1. The molecule has 0 aromatic heterocycles. The molecular weight excluding hydrogens is 499 g/mol. The van der Waals surface area contributed by atoms with E-state index in [1.807, 2.05) is 6.92 Å². The van der Waals surface area contributed by atoms with E-state index in [-0.39, 0.29) is 37.0 Å². The lowest BCUT2D eigenvalue weighted by Gasteiger charge is -2.35. The molecule has 0 saturated heterocycles. The standard InChI is InChI=1S/C28H42F3N3O4/c1-19-15-34(20(2)18-35)27(37)14-22-13-23(32-26(36)11-12-28(29,30)31)9-10-24(22)38-25(19)17-33(3)16-21-7-5-4-6-8-21/h9-10,13,19-21,25,35H,4-8,11-12,14-18H2,1-3H3,(H,32,36)/t19-,20-,25+/m0/s1. The molecule has 1 aromatic carbocycles. The van der Waals surface area contributed by atoms with Crippen molar-refractivity contribution in [1.82, 2.24) is 9.80 Å². The van der Waals surface area contributed by atoms with E-state index in [1.54, 1.807) is 30.0 Å². The molecule has 2 N–H and O–H groups in total. The molecule has 1 aliphatic heterocycles. The Balaban J connectivity index is 1.81. The third-order valence-electron chi connectivity index (χ3n) is 7.62. The van der Waals surface area contributed by atoms with Crippen LogP contribution in [0.5, 0.6) is 5.75 Å². The Morgan fingerprint density at radius 2 is 1.95 bits per heavy atom. The van der Waals surface area contributed by atoms with Gasteiger partial charge >= 0.3 is 6.18 Å². The molecule has 0 radical (unpaired) electrons. The molecule has 2 amide bonds. The fourth-order valence-electron chi connectivity index (χ4n) is 5.40. The zero-order chi connectivity index (χ0) is 27.9. The van der Waals surface area contributed by atoms with Crippen LogP contribution in [0.1, 0.15) is 64.4 Å². The number of ether oxygens (including phenoxy) is 1. The summed E-state index contributed by atoms with van der Waals surface area (Å²) in [6, 6.07) is 4.49. The summed E-state index contributed by atoms with van der Waals surface area (Å²) in [4.78, 5) is 29.4. The van der Waals surface area contributed by atoms with Crippen LogP contribution in [-0.4, -0.2) is 78.3 Å². The van der Waals surface area contributed by atoms with Crippen molar-refractivity contribution in [3.05, 3.63) is 23.8 Å². The minimum atomic E-state index is -4.41. The third kappa shape index (κ3) is 9.15. The first-order valence-corrected chi connectivity index (χ1v) is 13.7. The van der Waals surface area contributed by atoms with Gasteiger partial charge in [0.25, 0.3) is 0 Å². The lowest BCUT2D eigenvalue weighted by atomic mass is 9.89. The molecule has 38 heavy (non-hydrogen) atoms. The Labute approximate surface area is 223 Å². The van der Waals surface area contributed by atoms with Gasteiger partial charge in [-0.15, -0.1) is 0 Å². The van der Waals surface area contributed by atoms with Gasteiger partial charge in [-0.2, -0.15) is 13.2 Å². The number of aliphatic hydroxyl groups excluding tert-OH is 1. The maximum absolute atomic E-state index is 13.3. The number of hydrogen-bond acceptors (Lipinski definition) is 5. The van der Waals surface area contributed by atoms with E-state index >= 15 is 0 Å². The number of alkyl halides is 3. The molecule has 2 aliphatic rings. The summed E-state index contributed by atoms with van der Waals surface area (Å²) in [5.41, 5.74) is 0.861. The van der Waals surface area contributed by atoms with Gasteiger partial charge in [0.1, 0.15) is 11.9 Å². The zero-order valence-corrected chi connectivity index (χ0v) is 22.7. The van der Waals surface area contributed by atoms with Crippen LogP contribution >= 0.6 is 0 Å². The van der Waals surface area contributed by atoms with Gasteiger partial charge in [-0.1, -0.05) is 26.2 Å². The summed E-state index contributed by atoms with van der Waals surface area (Å²) in [5, 5.41) is 12.3. The molecule has 1 fully saturated rings. The van der Waals surface area contributed by atoms with Crippen LogP contribution in [0.4, 0.5) is 18.9 Å². The first-order valence-electron chi connectivity index (χ1n) is 13.7. The number of hydrogen-bond donors (Lipinski definition) is 2. The summed E-state index contributed by atoms with van der Waals surface area (Å²) in [5.74, 6) is 0.246. The average molecular weight is 542 g/mol. The van der Waals surface area contributed by atoms with Crippen molar-refractivity contribution in [3.63, 3.8) is 0 Å². The molecule has 1 saturated carbocycles. The summed E-state index contributed by atoms with van der Waals surface area (Å²) in [6.45, 7) is 5.75. The van der Waals surface area contributed by atoms with Gasteiger partial charge in [0.05, 0.1) is 25.5 Å². The molecule has 0 spiro atoms. The maximum Gasteiger partial charge on any atom is 0.389 e. The Morgan fingerprint density at radius 1 is 1.24 bits per heavy atom. The Hall–Kier alpha value is -2.33. The second kappa shape index (κ2) is 13.6. The minimum absolute atomic E-state index is 0.0106. The fraction of sp³-hybridized carbons (Fsp3) is 0.714. The van der Waals surface area contributed by atoms with Crippen molar-refractivity contribution in [2.75, 3.05) is 38.6 Å². The molecule has 10 heteroatoms. The SMILES string of the molecule is C[C@H]1CN([C@@H](C)CO)C(=O)Cc2cc(NC(=O)CCC(F)(F)F)ccc2O[C@@H]1CN(C)CC1CCCCC1. The van der Waals surface area contributed by atoms with E-state index in [4.69, 9.17) is 4.74 Å². The molecule has 0 bridgehead atoms. The van der Waals surface area contributed by atoms with E-state index < -0.39 is 24.9 Å². The number of halogens is 3. The van der Waals surface area contributed by atoms with Crippen molar-refractivity contribution in [2.24, 2.45) is 11.8 Å². The van der Waals surface area contributed by atoms with Crippen LogP contribution in [0.3, 0.4) is 0 Å². The van der Waals surface area contributed by atoms with Gasteiger partial charge in [-0.3, -0.25) is 9.59 Å². The second-order valence-electron chi connectivity index (χ2n) is 11.1. The number of anilines is 1. The monoisotopic (exact) mass is 541 g/mol. The average Bonchev–Trinajstić information content (AvgIpc) is 2.90. The van der Waals surface area contributed by atoms with Gasteiger partial charge in [0, 0.05) is 43.2 Å². The summed E-state index contributed by atoms with van der Waals surface area (Å²) >= 11 is 0. The molecule has 7 nitrogen and oxygen atoms in total. The molecular formula is C28H42F3N3O4. The fourth-order valence-corrected chi connectivity index (χ4v) is 5.40. The quantitative estimate of drug-likeness (QED) is 0.477. The lowest BCUT2D eigenvalue weighted by Crippen LogP contribution is -2.48. The van der Waals surface area contributed by atoms with Gasteiger partial charge in [0.15, 0.2) is 0 Å². The highest BCUT2D eigenvalue weighted by molar-refractivity contribution is 5.91. The zero-order valence-electron chi connectivity index (χ0n) is 22.7. The van der Waals surface area contributed by atoms with Crippen molar-refractivity contribution < 1.29 is 32.6 Å².